The predicted octanol–water partition coefficient (Wildman–Crippen LogP) is 11.0. The summed E-state index contributed by atoms with van der Waals surface area (Å²) in [5.74, 6) is 1.75. The van der Waals surface area contributed by atoms with Crippen molar-refractivity contribution in [3.05, 3.63) is 140 Å². The van der Waals surface area contributed by atoms with Crippen molar-refractivity contribution >= 4 is 65.4 Å². The fraction of sp³-hybridized carbons (Fsp3) is 0. The van der Waals surface area contributed by atoms with E-state index in [2.05, 4.69) is 91.0 Å². The fourth-order valence-corrected chi connectivity index (χ4v) is 6.73. The highest BCUT2D eigenvalue weighted by atomic mass is 16.3. The van der Waals surface area contributed by atoms with Crippen molar-refractivity contribution in [3.8, 4) is 34.2 Å². The Morgan fingerprint density at radius 1 is 0.348 bits per heavy atom. The first-order valence-corrected chi connectivity index (χ1v) is 15.3. The second-order valence-corrected chi connectivity index (χ2v) is 11.6. The molecule has 10 rings (SSSR count). The lowest BCUT2D eigenvalue weighted by Crippen LogP contribution is -2.00. The van der Waals surface area contributed by atoms with Crippen molar-refractivity contribution < 1.29 is 8.83 Å². The quantitative estimate of drug-likeness (QED) is 0.192. The van der Waals surface area contributed by atoms with E-state index in [9.17, 15) is 0 Å². The van der Waals surface area contributed by atoms with Crippen LogP contribution in [0.2, 0.25) is 0 Å². The molecule has 0 saturated carbocycles. The van der Waals surface area contributed by atoms with Gasteiger partial charge in [0.05, 0.1) is 0 Å². The molecular formula is C41H23N3O2. The van der Waals surface area contributed by atoms with E-state index in [0.717, 1.165) is 76.7 Å². The molecule has 7 aromatic carbocycles. The topological polar surface area (TPSA) is 65.0 Å². The molecule has 0 bridgehead atoms. The molecule has 214 valence electrons. The molecule has 0 N–H and O–H groups in total. The van der Waals surface area contributed by atoms with Crippen LogP contribution in [0.15, 0.2) is 148 Å². The van der Waals surface area contributed by atoms with Crippen LogP contribution in [0.1, 0.15) is 0 Å². The summed E-state index contributed by atoms with van der Waals surface area (Å²) < 4.78 is 12.5. The number of hydrogen-bond donors (Lipinski definition) is 0. The van der Waals surface area contributed by atoms with E-state index in [0.29, 0.717) is 17.5 Å². The van der Waals surface area contributed by atoms with Crippen LogP contribution in [0.4, 0.5) is 0 Å². The van der Waals surface area contributed by atoms with E-state index < -0.39 is 0 Å². The third-order valence-corrected chi connectivity index (χ3v) is 8.92. The molecule has 0 atom stereocenters. The Hall–Kier alpha value is -6.33. The van der Waals surface area contributed by atoms with Crippen molar-refractivity contribution in [1.82, 2.24) is 15.0 Å². The first-order chi connectivity index (χ1) is 22.8. The van der Waals surface area contributed by atoms with Crippen LogP contribution in [0, 0.1) is 0 Å². The van der Waals surface area contributed by atoms with E-state index in [-0.39, 0.29) is 0 Å². The average Bonchev–Trinajstić information content (AvgIpc) is 3.68. The Morgan fingerprint density at radius 2 is 0.848 bits per heavy atom. The summed E-state index contributed by atoms with van der Waals surface area (Å²) in [6, 6.07) is 47.6. The van der Waals surface area contributed by atoms with Crippen LogP contribution < -0.4 is 0 Å². The van der Waals surface area contributed by atoms with Gasteiger partial charge in [0, 0.05) is 43.6 Å². The van der Waals surface area contributed by atoms with Gasteiger partial charge in [-0.15, -0.1) is 0 Å². The molecule has 0 radical (unpaired) electrons. The number of fused-ring (bicyclic) bond motifs is 9. The number of para-hydroxylation sites is 2. The Kier molecular flexibility index (Phi) is 5.22. The molecule has 3 heterocycles. The van der Waals surface area contributed by atoms with Crippen molar-refractivity contribution in [1.29, 1.82) is 0 Å². The van der Waals surface area contributed by atoms with Crippen LogP contribution in [-0.4, -0.2) is 15.0 Å². The summed E-state index contributed by atoms with van der Waals surface area (Å²) in [5, 5.41) is 8.87. The van der Waals surface area contributed by atoms with Gasteiger partial charge in [-0.05, 0) is 52.6 Å². The van der Waals surface area contributed by atoms with E-state index >= 15 is 0 Å². The highest BCUT2D eigenvalue weighted by molar-refractivity contribution is 6.14. The average molecular weight is 590 g/mol. The van der Waals surface area contributed by atoms with Gasteiger partial charge in [-0.2, -0.15) is 0 Å². The zero-order valence-corrected chi connectivity index (χ0v) is 24.4. The molecule has 0 unspecified atom stereocenters. The van der Waals surface area contributed by atoms with Gasteiger partial charge < -0.3 is 8.83 Å². The monoisotopic (exact) mass is 589 g/mol. The van der Waals surface area contributed by atoms with Gasteiger partial charge in [0.2, 0.25) is 0 Å². The molecular weight excluding hydrogens is 566 g/mol. The first kappa shape index (κ1) is 25.0. The molecule has 0 aliphatic rings. The molecule has 0 fully saturated rings. The Labute approximate surface area is 262 Å². The molecule has 0 saturated heterocycles. The van der Waals surface area contributed by atoms with Gasteiger partial charge in [-0.1, -0.05) is 103 Å². The third kappa shape index (κ3) is 3.79. The highest BCUT2D eigenvalue weighted by Crippen LogP contribution is 2.37. The van der Waals surface area contributed by atoms with Gasteiger partial charge in [-0.3, -0.25) is 0 Å². The molecule has 10 aromatic rings. The summed E-state index contributed by atoms with van der Waals surface area (Å²) in [5.41, 5.74) is 5.96. The molecule has 0 amide bonds. The molecule has 5 nitrogen and oxygen atoms in total. The maximum atomic E-state index is 6.24. The summed E-state index contributed by atoms with van der Waals surface area (Å²) in [6.45, 7) is 0. The summed E-state index contributed by atoms with van der Waals surface area (Å²) in [4.78, 5) is 15.3. The molecule has 0 spiro atoms. The molecule has 46 heavy (non-hydrogen) atoms. The van der Waals surface area contributed by atoms with Crippen LogP contribution in [0.25, 0.3) is 99.6 Å². The maximum Gasteiger partial charge on any atom is 0.164 e. The normalized spacial score (nSPS) is 11.9. The number of benzene rings is 7. The van der Waals surface area contributed by atoms with Gasteiger partial charge in [-0.25, -0.2) is 15.0 Å². The fourth-order valence-electron chi connectivity index (χ4n) is 6.73. The van der Waals surface area contributed by atoms with Crippen LogP contribution in [0.5, 0.6) is 0 Å². The highest BCUT2D eigenvalue weighted by Gasteiger charge is 2.18. The van der Waals surface area contributed by atoms with E-state index in [1.165, 1.54) is 5.39 Å². The third-order valence-electron chi connectivity index (χ3n) is 8.92. The number of furan rings is 2. The molecule has 0 aliphatic heterocycles. The van der Waals surface area contributed by atoms with Gasteiger partial charge in [0.15, 0.2) is 17.5 Å². The van der Waals surface area contributed by atoms with Crippen molar-refractivity contribution in [2.45, 2.75) is 0 Å². The van der Waals surface area contributed by atoms with Crippen LogP contribution in [-0.2, 0) is 0 Å². The standard InChI is InChI=1S/C41H23N3O2/c1-2-10-28-24(8-1)16-17-25-9-7-13-33(38(25)28)41-43-39(26-18-20-31-29-11-3-5-14-34(29)45-36(31)22-26)42-40(44-41)27-19-21-32-30-12-4-6-15-35(30)46-37(32)23-27/h1-23H. The zero-order valence-electron chi connectivity index (χ0n) is 24.4. The molecule has 3 aromatic heterocycles. The van der Waals surface area contributed by atoms with E-state index in [1.807, 2.05) is 48.5 Å². The maximum absolute atomic E-state index is 6.24. The van der Waals surface area contributed by atoms with Gasteiger partial charge in [0.25, 0.3) is 0 Å². The lowest BCUT2D eigenvalue weighted by atomic mass is 9.97. The Bertz CT molecular complexity index is 2700. The first-order valence-electron chi connectivity index (χ1n) is 15.3. The lowest BCUT2D eigenvalue weighted by Gasteiger charge is -2.12. The van der Waals surface area contributed by atoms with E-state index in [1.54, 1.807) is 0 Å². The number of nitrogens with zero attached hydrogens (tertiary/aromatic N) is 3. The summed E-state index contributed by atoms with van der Waals surface area (Å²) in [7, 11) is 0. The lowest BCUT2D eigenvalue weighted by molar-refractivity contribution is 0.668. The second-order valence-electron chi connectivity index (χ2n) is 11.6. The number of rotatable bonds is 3. The molecule has 0 aliphatic carbocycles. The van der Waals surface area contributed by atoms with Gasteiger partial charge >= 0.3 is 0 Å². The van der Waals surface area contributed by atoms with Crippen LogP contribution >= 0.6 is 0 Å². The van der Waals surface area contributed by atoms with Gasteiger partial charge in [0.1, 0.15) is 22.3 Å². The number of hydrogen-bond acceptors (Lipinski definition) is 5. The van der Waals surface area contributed by atoms with E-state index in [4.69, 9.17) is 23.8 Å². The van der Waals surface area contributed by atoms with Crippen LogP contribution in [0.3, 0.4) is 0 Å². The Morgan fingerprint density at radius 3 is 1.50 bits per heavy atom. The summed E-state index contributed by atoms with van der Waals surface area (Å²) in [6.07, 6.45) is 0. The second kappa shape index (κ2) is 9.58. The zero-order chi connectivity index (χ0) is 30.2. The largest absolute Gasteiger partial charge is 0.456 e. The SMILES string of the molecule is c1ccc2c(c1)ccc1cccc(-c3nc(-c4ccc5c(c4)oc4ccccc45)nc(-c4ccc5c(c4)oc4ccccc45)n3)c12. The smallest absolute Gasteiger partial charge is 0.164 e. The van der Waals surface area contributed by atoms with Crippen molar-refractivity contribution in [2.75, 3.05) is 0 Å². The minimum absolute atomic E-state index is 0.573. The van der Waals surface area contributed by atoms with Crippen molar-refractivity contribution in [3.63, 3.8) is 0 Å². The Balaban J connectivity index is 1.23. The minimum atomic E-state index is 0.573. The minimum Gasteiger partial charge on any atom is -0.456 e. The van der Waals surface area contributed by atoms with Crippen molar-refractivity contribution in [2.24, 2.45) is 0 Å². The predicted molar refractivity (Wildman–Crippen MR) is 186 cm³/mol. The summed E-state index contributed by atoms with van der Waals surface area (Å²) >= 11 is 0. The molecule has 5 heteroatoms. The number of aromatic nitrogens is 3.